The quantitative estimate of drug-likeness (QED) is 0.513. The summed E-state index contributed by atoms with van der Waals surface area (Å²) in [5, 5.41) is 2.61. The molecule has 2 aromatic rings. The largest absolute Gasteiger partial charge is 0.497 e. The number of Topliss-reactive ketones (excluding diaryl/α,β-unsaturated/α-hetero) is 1. The van der Waals surface area contributed by atoms with Crippen LogP contribution in [0, 0.1) is 13.8 Å². The van der Waals surface area contributed by atoms with Crippen LogP contribution < -0.4 is 14.8 Å². The van der Waals surface area contributed by atoms with E-state index < -0.39 is 18.5 Å². The van der Waals surface area contributed by atoms with Gasteiger partial charge in [-0.3, -0.25) is 14.4 Å². The number of carbonyl (C=O) groups excluding carboxylic acids is 3. The minimum Gasteiger partial charge on any atom is -0.497 e. The normalized spacial score (nSPS) is 10.2. The molecule has 154 valence electrons. The van der Waals surface area contributed by atoms with Gasteiger partial charge in [-0.2, -0.15) is 0 Å². The number of rotatable bonds is 9. The number of hydrogen-bond donors (Lipinski definition) is 1. The topological polar surface area (TPSA) is 90.9 Å². The molecule has 0 aliphatic rings. The third kappa shape index (κ3) is 6.34. The molecule has 0 aromatic heterocycles. The van der Waals surface area contributed by atoms with E-state index >= 15 is 0 Å². The van der Waals surface area contributed by atoms with E-state index in [0.717, 1.165) is 11.1 Å². The molecule has 0 aliphatic carbocycles. The van der Waals surface area contributed by atoms with E-state index in [1.807, 2.05) is 26.0 Å². The molecule has 0 atom stereocenters. The third-order valence-corrected chi connectivity index (χ3v) is 4.29. The van der Waals surface area contributed by atoms with Gasteiger partial charge in [0, 0.05) is 18.1 Å². The first-order valence-corrected chi connectivity index (χ1v) is 9.12. The zero-order chi connectivity index (χ0) is 21.4. The summed E-state index contributed by atoms with van der Waals surface area (Å²) in [5.74, 6) is -0.275. The summed E-state index contributed by atoms with van der Waals surface area (Å²) in [7, 11) is 2.99. The monoisotopic (exact) mass is 399 g/mol. The van der Waals surface area contributed by atoms with Crippen LogP contribution >= 0.6 is 0 Å². The van der Waals surface area contributed by atoms with Gasteiger partial charge in [-0.05, 0) is 37.6 Å². The first kappa shape index (κ1) is 21.9. The zero-order valence-electron chi connectivity index (χ0n) is 17.0. The van der Waals surface area contributed by atoms with E-state index in [0.29, 0.717) is 22.7 Å². The van der Waals surface area contributed by atoms with Gasteiger partial charge in [0.2, 0.25) is 0 Å². The van der Waals surface area contributed by atoms with Crippen molar-refractivity contribution in [1.29, 1.82) is 0 Å². The Hall–Kier alpha value is -3.35. The Bertz CT molecular complexity index is 906. The number of amides is 1. The predicted octanol–water partition coefficient (Wildman–Crippen LogP) is 3.47. The molecule has 0 saturated carbocycles. The Labute approximate surface area is 170 Å². The lowest BCUT2D eigenvalue weighted by atomic mass is 9.99. The summed E-state index contributed by atoms with van der Waals surface area (Å²) >= 11 is 0. The van der Waals surface area contributed by atoms with Gasteiger partial charge in [-0.1, -0.05) is 17.7 Å². The molecular weight excluding hydrogens is 374 g/mol. The van der Waals surface area contributed by atoms with Gasteiger partial charge in [0.1, 0.15) is 11.5 Å². The molecule has 1 N–H and O–H groups in total. The summed E-state index contributed by atoms with van der Waals surface area (Å²) in [5.41, 5.74) is 2.84. The van der Waals surface area contributed by atoms with Gasteiger partial charge >= 0.3 is 5.97 Å². The second-order valence-electron chi connectivity index (χ2n) is 6.52. The average Bonchev–Trinajstić information content (AvgIpc) is 2.72. The van der Waals surface area contributed by atoms with Crippen LogP contribution in [0.15, 0.2) is 36.4 Å². The fourth-order valence-electron chi connectivity index (χ4n) is 2.70. The average molecular weight is 399 g/mol. The van der Waals surface area contributed by atoms with Crippen molar-refractivity contribution in [2.75, 3.05) is 26.1 Å². The summed E-state index contributed by atoms with van der Waals surface area (Å²) in [6.07, 6.45) is -0.0730. The molecule has 0 aliphatic heterocycles. The fourth-order valence-corrected chi connectivity index (χ4v) is 2.70. The van der Waals surface area contributed by atoms with Crippen LogP contribution in [0.3, 0.4) is 0 Å². The van der Waals surface area contributed by atoms with Crippen LogP contribution in [0.2, 0.25) is 0 Å². The Morgan fingerprint density at radius 3 is 2.38 bits per heavy atom. The van der Waals surface area contributed by atoms with Gasteiger partial charge in [-0.25, -0.2) is 0 Å². The van der Waals surface area contributed by atoms with Crippen molar-refractivity contribution >= 4 is 23.3 Å². The number of esters is 1. The highest BCUT2D eigenvalue weighted by Crippen LogP contribution is 2.28. The summed E-state index contributed by atoms with van der Waals surface area (Å²) in [6, 6.07) is 10.6. The Morgan fingerprint density at radius 1 is 0.931 bits per heavy atom. The number of anilines is 1. The zero-order valence-corrected chi connectivity index (χ0v) is 17.0. The van der Waals surface area contributed by atoms with Crippen LogP contribution in [0.5, 0.6) is 11.5 Å². The molecule has 0 heterocycles. The summed E-state index contributed by atoms with van der Waals surface area (Å²) < 4.78 is 15.3. The molecule has 29 heavy (non-hydrogen) atoms. The molecule has 7 nitrogen and oxygen atoms in total. The number of benzene rings is 2. The number of nitrogens with one attached hydrogen (secondary N) is 1. The minimum atomic E-state index is -0.614. The van der Waals surface area contributed by atoms with Crippen molar-refractivity contribution < 1.29 is 28.6 Å². The number of methoxy groups -OCH3 is 2. The van der Waals surface area contributed by atoms with E-state index in [4.69, 9.17) is 14.2 Å². The van der Waals surface area contributed by atoms with Crippen molar-refractivity contribution in [2.24, 2.45) is 0 Å². The minimum absolute atomic E-state index is 0.0223. The number of carbonyl (C=O) groups is 3. The van der Waals surface area contributed by atoms with Gasteiger partial charge in [0.15, 0.2) is 12.4 Å². The molecule has 7 heteroatoms. The molecule has 2 aromatic carbocycles. The highest BCUT2D eigenvalue weighted by atomic mass is 16.5. The maximum Gasteiger partial charge on any atom is 0.306 e. The highest BCUT2D eigenvalue weighted by molar-refractivity contribution is 5.99. The molecule has 0 spiro atoms. The third-order valence-electron chi connectivity index (χ3n) is 4.29. The molecule has 2 rings (SSSR count). The second kappa shape index (κ2) is 10.3. The SMILES string of the molecule is COc1ccc(OC)c(NC(=O)COC(=O)CCC(=O)c2cc(C)ccc2C)c1. The molecule has 0 radical (unpaired) electrons. The van der Waals surface area contributed by atoms with Crippen LogP contribution in [-0.4, -0.2) is 38.5 Å². The first-order valence-electron chi connectivity index (χ1n) is 9.12. The molecule has 1 amide bonds. The van der Waals surface area contributed by atoms with Crippen molar-refractivity contribution in [1.82, 2.24) is 0 Å². The number of aryl methyl sites for hydroxylation is 2. The lowest BCUT2D eigenvalue weighted by Crippen LogP contribution is -2.21. The fraction of sp³-hybridized carbons (Fsp3) is 0.318. The summed E-state index contributed by atoms with van der Waals surface area (Å²) in [4.78, 5) is 36.3. The van der Waals surface area contributed by atoms with Crippen LogP contribution in [-0.2, 0) is 14.3 Å². The van der Waals surface area contributed by atoms with Crippen molar-refractivity contribution in [3.8, 4) is 11.5 Å². The Balaban J connectivity index is 1.84. The highest BCUT2D eigenvalue weighted by Gasteiger charge is 2.15. The maximum atomic E-state index is 12.3. The molecule has 0 unspecified atom stereocenters. The lowest BCUT2D eigenvalue weighted by Gasteiger charge is -2.12. The van der Waals surface area contributed by atoms with Crippen molar-refractivity contribution in [3.05, 3.63) is 53.1 Å². The maximum absolute atomic E-state index is 12.3. The van der Waals surface area contributed by atoms with E-state index in [1.165, 1.54) is 14.2 Å². The van der Waals surface area contributed by atoms with E-state index in [-0.39, 0.29) is 18.6 Å². The van der Waals surface area contributed by atoms with Crippen LogP contribution in [0.4, 0.5) is 5.69 Å². The second-order valence-corrected chi connectivity index (χ2v) is 6.52. The van der Waals surface area contributed by atoms with Crippen molar-refractivity contribution in [2.45, 2.75) is 26.7 Å². The van der Waals surface area contributed by atoms with Gasteiger partial charge in [0.05, 0.1) is 26.3 Å². The van der Waals surface area contributed by atoms with E-state index in [9.17, 15) is 14.4 Å². The number of ketones is 1. The molecule has 0 bridgehead atoms. The Kier molecular flexibility index (Phi) is 7.77. The van der Waals surface area contributed by atoms with Crippen LogP contribution in [0.1, 0.15) is 34.3 Å². The van der Waals surface area contributed by atoms with E-state index in [1.54, 1.807) is 24.3 Å². The molecular formula is C22H25NO6. The lowest BCUT2D eigenvalue weighted by molar-refractivity contribution is -0.147. The van der Waals surface area contributed by atoms with Crippen LogP contribution in [0.25, 0.3) is 0 Å². The smallest absolute Gasteiger partial charge is 0.306 e. The number of hydrogen-bond acceptors (Lipinski definition) is 6. The van der Waals surface area contributed by atoms with Gasteiger partial charge < -0.3 is 19.5 Å². The first-order chi connectivity index (χ1) is 13.8. The van der Waals surface area contributed by atoms with E-state index in [2.05, 4.69) is 5.32 Å². The standard InChI is InChI=1S/C22H25NO6/c1-14-5-6-15(2)17(11-14)19(24)8-10-22(26)29-13-21(25)23-18-12-16(27-3)7-9-20(18)28-4/h5-7,9,11-12H,8,10,13H2,1-4H3,(H,23,25). The van der Waals surface area contributed by atoms with Crippen molar-refractivity contribution in [3.63, 3.8) is 0 Å². The summed E-state index contributed by atoms with van der Waals surface area (Å²) in [6.45, 7) is 3.29. The van der Waals surface area contributed by atoms with Gasteiger partial charge in [0.25, 0.3) is 5.91 Å². The molecule has 0 fully saturated rings. The Morgan fingerprint density at radius 2 is 1.69 bits per heavy atom. The number of ether oxygens (including phenoxy) is 3. The molecule has 0 saturated heterocycles. The van der Waals surface area contributed by atoms with Gasteiger partial charge in [-0.15, -0.1) is 0 Å². The predicted molar refractivity (Wildman–Crippen MR) is 109 cm³/mol.